The number of rotatable bonds is 5. The zero-order valence-electron chi connectivity index (χ0n) is 10.8. The van der Waals surface area contributed by atoms with Crippen LogP contribution in [0.5, 0.6) is 0 Å². The summed E-state index contributed by atoms with van der Waals surface area (Å²) in [6.07, 6.45) is 1.06. The molecule has 7 heteroatoms. The molecule has 1 unspecified atom stereocenters. The molecule has 0 aliphatic rings. The minimum atomic E-state index is -1.12. The number of aliphatic carboxylic acids is 1. The van der Waals surface area contributed by atoms with Crippen molar-refractivity contribution in [1.29, 1.82) is 0 Å². The van der Waals surface area contributed by atoms with Crippen LogP contribution in [-0.2, 0) is 11.2 Å². The van der Waals surface area contributed by atoms with Crippen LogP contribution >= 0.6 is 0 Å². The Balaban J connectivity index is 2.26. The highest BCUT2D eigenvalue weighted by Gasteiger charge is 2.22. The van der Waals surface area contributed by atoms with E-state index >= 15 is 0 Å². The molecule has 1 heterocycles. The van der Waals surface area contributed by atoms with E-state index in [1.165, 1.54) is 30.3 Å². The number of nitro groups is 1. The number of nitrogens with zero attached hydrogens (tertiary/aromatic N) is 2. The van der Waals surface area contributed by atoms with Gasteiger partial charge >= 0.3 is 5.97 Å². The van der Waals surface area contributed by atoms with Gasteiger partial charge in [-0.1, -0.05) is 12.1 Å². The van der Waals surface area contributed by atoms with Gasteiger partial charge in [0, 0.05) is 6.07 Å². The fraction of sp³-hybridized carbons (Fsp3) is 0.143. The van der Waals surface area contributed by atoms with Gasteiger partial charge in [-0.2, -0.15) is 0 Å². The van der Waals surface area contributed by atoms with Crippen LogP contribution in [0.15, 0.2) is 42.6 Å². The third-order valence-electron chi connectivity index (χ3n) is 2.97. The Kier molecular flexibility index (Phi) is 4.22. The molecule has 2 rings (SSSR count). The van der Waals surface area contributed by atoms with Gasteiger partial charge in [-0.15, -0.1) is 0 Å². The maximum atomic E-state index is 13.1. The number of carbonyl (C=O) groups is 1. The highest BCUT2D eigenvalue weighted by atomic mass is 19.1. The fourth-order valence-electron chi connectivity index (χ4n) is 1.93. The van der Waals surface area contributed by atoms with Gasteiger partial charge in [-0.05, 0) is 30.2 Å². The van der Waals surface area contributed by atoms with Crippen LogP contribution in [-0.4, -0.2) is 21.0 Å². The van der Waals surface area contributed by atoms with Gasteiger partial charge in [0.2, 0.25) is 0 Å². The summed E-state index contributed by atoms with van der Waals surface area (Å²) in [5.41, 5.74) is 0.494. The topological polar surface area (TPSA) is 93.3 Å². The molecule has 0 saturated carbocycles. The van der Waals surface area contributed by atoms with Crippen LogP contribution < -0.4 is 0 Å². The Morgan fingerprint density at radius 3 is 2.67 bits per heavy atom. The van der Waals surface area contributed by atoms with Gasteiger partial charge in [0.1, 0.15) is 17.9 Å². The van der Waals surface area contributed by atoms with Crippen LogP contribution in [0.4, 0.5) is 10.1 Å². The molecular formula is C14H11FN2O4. The lowest BCUT2D eigenvalue weighted by atomic mass is 9.95. The Morgan fingerprint density at radius 2 is 2.14 bits per heavy atom. The number of carboxylic acids is 1. The number of carboxylic acid groups (broad SMARTS) is 1. The molecule has 1 N–H and O–H groups in total. The Morgan fingerprint density at radius 1 is 1.38 bits per heavy atom. The third-order valence-corrected chi connectivity index (χ3v) is 2.97. The van der Waals surface area contributed by atoms with Crippen molar-refractivity contribution in [3.63, 3.8) is 0 Å². The van der Waals surface area contributed by atoms with Gasteiger partial charge in [0.15, 0.2) is 0 Å². The Bertz CT molecular complexity index is 673. The molecule has 6 nitrogen and oxygen atoms in total. The van der Waals surface area contributed by atoms with Crippen molar-refractivity contribution in [3.05, 3.63) is 69.8 Å². The van der Waals surface area contributed by atoms with Crippen molar-refractivity contribution in [2.45, 2.75) is 12.3 Å². The second-order valence-corrected chi connectivity index (χ2v) is 4.42. The second kappa shape index (κ2) is 6.08. The van der Waals surface area contributed by atoms with E-state index in [-0.39, 0.29) is 17.8 Å². The van der Waals surface area contributed by atoms with Crippen LogP contribution in [0.25, 0.3) is 0 Å². The molecule has 0 spiro atoms. The molecule has 0 amide bonds. The van der Waals surface area contributed by atoms with Gasteiger partial charge in [-0.25, -0.2) is 4.39 Å². The average molecular weight is 290 g/mol. The van der Waals surface area contributed by atoms with E-state index in [2.05, 4.69) is 4.98 Å². The van der Waals surface area contributed by atoms with Crippen LogP contribution in [0.1, 0.15) is 17.2 Å². The summed E-state index contributed by atoms with van der Waals surface area (Å²) in [5, 5.41) is 19.8. The van der Waals surface area contributed by atoms with Crippen molar-refractivity contribution < 1.29 is 19.2 Å². The second-order valence-electron chi connectivity index (χ2n) is 4.42. The molecule has 2 aromatic rings. The van der Waals surface area contributed by atoms with Crippen LogP contribution in [0.2, 0.25) is 0 Å². The lowest BCUT2D eigenvalue weighted by molar-refractivity contribution is -0.385. The SMILES string of the molecule is O=C(O)C(Cc1cccc(F)c1)c1ccc([N+](=O)[O-])cn1. The van der Waals surface area contributed by atoms with E-state index in [0.717, 1.165) is 6.20 Å². The Hall–Kier alpha value is -2.83. The predicted molar refractivity (Wildman–Crippen MR) is 71.4 cm³/mol. The van der Waals surface area contributed by atoms with Crippen LogP contribution in [0, 0.1) is 15.9 Å². The molecule has 0 aliphatic heterocycles. The molecule has 0 fully saturated rings. The Labute approximate surface area is 119 Å². The predicted octanol–water partition coefficient (Wildman–Crippen LogP) is 2.54. The zero-order chi connectivity index (χ0) is 15.4. The van der Waals surface area contributed by atoms with E-state index in [4.69, 9.17) is 0 Å². The van der Waals surface area contributed by atoms with E-state index in [1.807, 2.05) is 0 Å². The number of benzene rings is 1. The normalized spacial score (nSPS) is 11.9. The highest BCUT2D eigenvalue weighted by molar-refractivity contribution is 5.76. The molecule has 0 aliphatic carbocycles. The summed E-state index contributed by atoms with van der Waals surface area (Å²) in [5.74, 6) is -2.57. The first-order valence-electron chi connectivity index (χ1n) is 6.05. The van der Waals surface area contributed by atoms with Gasteiger partial charge in [0.25, 0.3) is 5.69 Å². The van der Waals surface area contributed by atoms with Gasteiger partial charge in [-0.3, -0.25) is 19.9 Å². The minimum Gasteiger partial charge on any atom is -0.481 e. The zero-order valence-corrected chi connectivity index (χ0v) is 10.8. The smallest absolute Gasteiger partial charge is 0.312 e. The molecule has 0 radical (unpaired) electrons. The van der Waals surface area contributed by atoms with Crippen molar-refractivity contribution in [2.24, 2.45) is 0 Å². The maximum Gasteiger partial charge on any atom is 0.312 e. The third kappa shape index (κ3) is 3.59. The molecule has 0 bridgehead atoms. The first-order chi connectivity index (χ1) is 9.97. The van der Waals surface area contributed by atoms with Crippen molar-refractivity contribution in [1.82, 2.24) is 4.98 Å². The molecule has 1 atom stereocenters. The summed E-state index contributed by atoms with van der Waals surface area (Å²) in [6, 6.07) is 8.13. The van der Waals surface area contributed by atoms with E-state index < -0.39 is 22.6 Å². The number of pyridine rings is 1. The van der Waals surface area contributed by atoms with Crippen molar-refractivity contribution >= 4 is 11.7 Å². The summed E-state index contributed by atoms with van der Waals surface area (Å²) in [6.45, 7) is 0. The molecular weight excluding hydrogens is 279 g/mol. The molecule has 1 aromatic heterocycles. The highest BCUT2D eigenvalue weighted by Crippen LogP contribution is 2.22. The van der Waals surface area contributed by atoms with E-state index in [0.29, 0.717) is 5.56 Å². The molecule has 108 valence electrons. The lowest BCUT2D eigenvalue weighted by Crippen LogP contribution is -2.16. The van der Waals surface area contributed by atoms with Crippen LogP contribution in [0.3, 0.4) is 0 Å². The fourth-order valence-corrected chi connectivity index (χ4v) is 1.93. The summed E-state index contributed by atoms with van der Waals surface area (Å²) < 4.78 is 13.1. The average Bonchev–Trinajstić information content (AvgIpc) is 2.44. The van der Waals surface area contributed by atoms with E-state index in [1.54, 1.807) is 6.07 Å². The number of hydrogen-bond acceptors (Lipinski definition) is 4. The first kappa shape index (κ1) is 14.6. The lowest BCUT2D eigenvalue weighted by Gasteiger charge is -2.11. The monoisotopic (exact) mass is 290 g/mol. The van der Waals surface area contributed by atoms with Crippen molar-refractivity contribution in [2.75, 3.05) is 0 Å². The number of aromatic nitrogens is 1. The summed E-state index contributed by atoms with van der Waals surface area (Å²) >= 11 is 0. The molecule has 21 heavy (non-hydrogen) atoms. The minimum absolute atomic E-state index is 0.0535. The van der Waals surface area contributed by atoms with E-state index in [9.17, 15) is 24.4 Å². The standard InChI is InChI=1S/C14H11FN2O4/c15-10-3-1-2-9(6-10)7-12(14(18)19)13-5-4-11(8-16-13)17(20)21/h1-6,8,12H,7H2,(H,18,19). The first-order valence-corrected chi connectivity index (χ1v) is 6.05. The number of hydrogen-bond donors (Lipinski definition) is 1. The quantitative estimate of drug-likeness (QED) is 0.674. The maximum absolute atomic E-state index is 13.1. The van der Waals surface area contributed by atoms with Gasteiger partial charge < -0.3 is 5.11 Å². The number of halogens is 1. The van der Waals surface area contributed by atoms with Gasteiger partial charge in [0.05, 0.1) is 10.6 Å². The summed E-state index contributed by atoms with van der Waals surface area (Å²) in [7, 11) is 0. The summed E-state index contributed by atoms with van der Waals surface area (Å²) in [4.78, 5) is 25.1. The molecule has 0 saturated heterocycles. The molecule has 1 aromatic carbocycles. The largest absolute Gasteiger partial charge is 0.481 e. The van der Waals surface area contributed by atoms with Crippen molar-refractivity contribution in [3.8, 4) is 0 Å².